The van der Waals surface area contributed by atoms with Crippen LogP contribution in [0.2, 0.25) is 5.02 Å². The molecule has 20 heavy (non-hydrogen) atoms. The summed E-state index contributed by atoms with van der Waals surface area (Å²) in [4.78, 5) is 2.43. The molecule has 0 amide bonds. The molecule has 0 spiro atoms. The molecule has 2 nitrogen and oxygen atoms in total. The van der Waals surface area contributed by atoms with Crippen molar-refractivity contribution in [2.24, 2.45) is 11.3 Å². The van der Waals surface area contributed by atoms with Crippen molar-refractivity contribution in [3.8, 4) is 0 Å². The van der Waals surface area contributed by atoms with Gasteiger partial charge in [-0.2, -0.15) is 0 Å². The Morgan fingerprint density at radius 3 is 2.90 bits per heavy atom. The molecular weight excluding hydrogens is 268 g/mol. The van der Waals surface area contributed by atoms with Gasteiger partial charge in [0, 0.05) is 17.6 Å². The molecule has 3 heteroatoms. The van der Waals surface area contributed by atoms with Crippen LogP contribution < -0.4 is 5.32 Å². The van der Waals surface area contributed by atoms with Crippen molar-refractivity contribution in [1.29, 1.82) is 0 Å². The highest BCUT2D eigenvalue weighted by Crippen LogP contribution is 2.45. The van der Waals surface area contributed by atoms with Crippen LogP contribution >= 0.6 is 11.6 Å². The number of hydrogen-bond donors (Lipinski definition) is 1. The Bertz CT molecular complexity index is 498. The molecule has 1 heterocycles. The van der Waals surface area contributed by atoms with Crippen LogP contribution in [0.1, 0.15) is 37.4 Å². The second-order valence-electron chi connectivity index (χ2n) is 7.27. The number of nitrogens with one attached hydrogen (secondary N) is 1. The van der Waals surface area contributed by atoms with Gasteiger partial charge in [0.15, 0.2) is 0 Å². The smallest absolute Gasteiger partial charge is 0.0409 e. The van der Waals surface area contributed by atoms with E-state index in [4.69, 9.17) is 11.6 Å². The maximum absolute atomic E-state index is 6.19. The molecule has 0 aromatic heterocycles. The van der Waals surface area contributed by atoms with Crippen LogP contribution in [-0.4, -0.2) is 31.6 Å². The zero-order valence-electron chi connectivity index (χ0n) is 12.7. The molecule has 1 aromatic rings. The van der Waals surface area contributed by atoms with Gasteiger partial charge in [-0.3, -0.25) is 0 Å². The van der Waals surface area contributed by atoms with Gasteiger partial charge in [-0.25, -0.2) is 0 Å². The monoisotopic (exact) mass is 292 g/mol. The summed E-state index contributed by atoms with van der Waals surface area (Å²) in [6.07, 6.45) is 2.46. The SMILES string of the molecule is CN1CCC(CNC2c3cc(Cl)ccc3CC2(C)C)C1. The second-order valence-corrected chi connectivity index (χ2v) is 7.70. The molecule has 110 valence electrons. The summed E-state index contributed by atoms with van der Waals surface area (Å²) in [5.41, 5.74) is 3.15. The Labute approximate surface area is 127 Å². The third-order valence-electron chi connectivity index (χ3n) is 4.95. The van der Waals surface area contributed by atoms with E-state index < -0.39 is 0 Å². The van der Waals surface area contributed by atoms with E-state index >= 15 is 0 Å². The summed E-state index contributed by atoms with van der Waals surface area (Å²) in [6, 6.07) is 6.81. The largest absolute Gasteiger partial charge is 0.309 e. The number of nitrogens with zero attached hydrogens (tertiary/aromatic N) is 1. The second kappa shape index (κ2) is 5.32. The van der Waals surface area contributed by atoms with Gasteiger partial charge in [0.05, 0.1) is 0 Å². The number of rotatable bonds is 3. The van der Waals surface area contributed by atoms with E-state index in [0.29, 0.717) is 6.04 Å². The highest BCUT2D eigenvalue weighted by atomic mass is 35.5. The number of fused-ring (bicyclic) bond motifs is 1. The van der Waals surface area contributed by atoms with Crippen LogP contribution in [0.15, 0.2) is 18.2 Å². The summed E-state index contributed by atoms with van der Waals surface area (Å²) >= 11 is 6.19. The summed E-state index contributed by atoms with van der Waals surface area (Å²) in [7, 11) is 2.22. The van der Waals surface area contributed by atoms with Crippen LogP contribution in [-0.2, 0) is 6.42 Å². The molecule has 3 rings (SSSR count). The van der Waals surface area contributed by atoms with Crippen molar-refractivity contribution >= 4 is 11.6 Å². The Morgan fingerprint density at radius 1 is 1.40 bits per heavy atom. The van der Waals surface area contributed by atoms with Crippen molar-refractivity contribution < 1.29 is 0 Å². The normalized spacial score (nSPS) is 28.8. The molecule has 1 aliphatic heterocycles. The molecule has 1 aromatic carbocycles. The summed E-state index contributed by atoms with van der Waals surface area (Å²) in [5.74, 6) is 0.791. The molecule has 1 saturated heterocycles. The summed E-state index contributed by atoms with van der Waals surface area (Å²) in [5, 5.41) is 4.69. The van der Waals surface area contributed by atoms with Gasteiger partial charge in [-0.15, -0.1) is 0 Å². The standard InChI is InChI=1S/C17H25ClN2/c1-17(2)9-13-4-5-14(18)8-15(13)16(17)19-10-12-6-7-20(3)11-12/h4-5,8,12,16,19H,6-7,9-11H2,1-3H3. The lowest BCUT2D eigenvalue weighted by molar-refractivity contribution is 0.257. The lowest BCUT2D eigenvalue weighted by atomic mass is 9.85. The lowest BCUT2D eigenvalue weighted by Crippen LogP contribution is -2.35. The van der Waals surface area contributed by atoms with Crippen molar-refractivity contribution in [3.63, 3.8) is 0 Å². The third-order valence-corrected chi connectivity index (χ3v) is 5.18. The zero-order chi connectivity index (χ0) is 14.3. The molecule has 1 N–H and O–H groups in total. The van der Waals surface area contributed by atoms with Crippen molar-refractivity contribution in [2.75, 3.05) is 26.7 Å². The van der Waals surface area contributed by atoms with E-state index in [1.807, 2.05) is 6.07 Å². The highest BCUT2D eigenvalue weighted by Gasteiger charge is 2.39. The summed E-state index contributed by atoms with van der Waals surface area (Å²) < 4.78 is 0. The van der Waals surface area contributed by atoms with Gasteiger partial charge < -0.3 is 10.2 Å². The van der Waals surface area contributed by atoms with Crippen LogP contribution in [0.4, 0.5) is 0 Å². The minimum Gasteiger partial charge on any atom is -0.309 e. The van der Waals surface area contributed by atoms with Gasteiger partial charge >= 0.3 is 0 Å². The van der Waals surface area contributed by atoms with Crippen LogP contribution in [0.3, 0.4) is 0 Å². The fourth-order valence-corrected chi connectivity index (χ4v) is 4.05. The molecule has 0 radical (unpaired) electrons. The van der Waals surface area contributed by atoms with Gasteiger partial charge in [-0.05, 0) is 67.6 Å². The molecule has 2 atom stereocenters. The minimum absolute atomic E-state index is 0.275. The first-order valence-corrected chi connectivity index (χ1v) is 8.04. The number of likely N-dealkylation sites (tertiary alicyclic amines) is 1. The Morgan fingerprint density at radius 2 is 2.20 bits per heavy atom. The Balaban J connectivity index is 1.73. The molecule has 0 bridgehead atoms. The van der Waals surface area contributed by atoms with Gasteiger partial charge in [0.2, 0.25) is 0 Å². The average molecular weight is 293 g/mol. The molecule has 1 aliphatic carbocycles. The average Bonchev–Trinajstić information content (AvgIpc) is 2.87. The van der Waals surface area contributed by atoms with Crippen molar-refractivity contribution in [1.82, 2.24) is 10.2 Å². The predicted octanol–water partition coefficient (Wildman–Crippen LogP) is 3.50. The third kappa shape index (κ3) is 2.74. The quantitative estimate of drug-likeness (QED) is 0.917. The Kier molecular flexibility index (Phi) is 3.83. The topological polar surface area (TPSA) is 15.3 Å². The first-order valence-electron chi connectivity index (χ1n) is 7.66. The minimum atomic E-state index is 0.275. The Hall–Kier alpha value is -0.570. The van der Waals surface area contributed by atoms with E-state index in [0.717, 1.165) is 23.9 Å². The van der Waals surface area contributed by atoms with Crippen molar-refractivity contribution in [2.45, 2.75) is 32.7 Å². The van der Waals surface area contributed by atoms with Crippen LogP contribution in [0, 0.1) is 11.3 Å². The van der Waals surface area contributed by atoms with Gasteiger partial charge in [0.25, 0.3) is 0 Å². The molecule has 1 fully saturated rings. The van der Waals surface area contributed by atoms with E-state index in [9.17, 15) is 0 Å². The van der Waals surface area contributed by atoms with Crippen LogP contribution in [0.25, 0.3) is 0 Å². The van der Waals surface area contributed by atoms with E-state index in [1.165, 1.54) is 30.6 Å². The van der Waals surface area contributed by atoms with Gasteiger partial charge in [-0.1, -0.05) is 31.5 Å². The van der Waals surface area contributed by atoms with Crippen LogP contribution in [0.5, 0.6) is 0 Å². The molecule has 2 unspecified atom stereocenters. The fourth-order valence-electron chi connectivity index (χ4n) is 3.87. The van der Waals surface area contributed by atoms with E-state index in [1.54, 1.807) is 0 Å². The fraction of sp³-hybridized carbons (Fsp3) is 0.647. The van der Waals surface area contributed by atoms with E-state index in [-0.39, 0.29) is 5.41 Å². The molecule has 0 saturated carbocycles. The number of benzene rings is 1. The zero-order valence-corrected chi connectivity index (χ0v) is 13.5. The lowest BCUT2D eigenvalue weighted by Gasteiger charge is -2.30. The first-order chi connectivity index (χ1) is 9.45. The number of halogens is 1. The maximum atomic E-state index is 6.19. The van der Waals surface area contributed by atoms with Crippen molar-refractivity contribution in [3.05, 3.63) is 34.3 Å². The highest BCUT2D eigenvalue weighted by molar-refractivity contribution is 6.30. The number of hydrogen-bond acceptors (Lipinski definition) is 2. The maximum Gasteiger partial charge on any atom is 0.0409 e. The van der Waals surface area contributed by atoms with E-state index in [2.05, 4.69) is 43.2 Å². The predicted molar refractivity (Wildman–Crippen MR) is 85.3 cm³/mol. The summed E-state index contributed by atoms with van der Waals surface area (Å²) in [6.45, 7) is 8.30. The van der Waals surface area contributed by atoms with Gasteiger partial charge in [0.1, 0.15) is 0 Å². The molecule has 2 aliphatic rings. The molecular formula is C17H25ClN2. The first kappa shape index (κ1) is 14.4.